The summed E-state index contributed by atoms with van der Waals surface area (Å²) in [5.74, 6) is 1.21. The van der Waals surface area contributed by atoms with E-state index >= 15 is 0 Å². The van der Waals surface area contributed by atoms with E-state index in [1.807, 2.05) is 0 Å². The summed E-state index contributed by atoms with van der Waals surface area (Å²) in [4.78, 5) is 3.92. The average molecular weight is 418 g/mol. The summed E-state index contributed by atoms with van der Waals surface area (Å²) >= 11 is 0. The van der Waals surface area contributed by atoms with Crippen molar-refractivity contribution in [3.63, 3.8) is 0 Å². The van der Waals surface area contributed by atoms with Crippen molar-refractivity contribution in [1.29, 1.82) is 0 Å². The molecule has 1 aliphatic rings. The van der Waals surface area contributed by atoms with Crippen LogP contribution in [0, 0.1) is 11.3 Å². The number of hydrogen-bond acceptors (Lipinski definition) is 5. The molecule has 9 heteroatoms. The minimum absolute atomic E-state index is 0.169. The number of hydrogen-bond donors (Lipinski definition) is 1. The van der Waals surface area contributed by atoms with Gasteiger partial charge >= 0.3 is 6.18 Å². The van der Waals surface area contributed by atoms with Crippen LogP contribution in [0.1, 0.15) is 52.0 Å². The molecule has 160 valence electrons. The fourth-order valence-corrected chi connectivity index (χ4v) is 4.16. The molecule has 3 heterocycles. The van der Waals surface area contributed by atoms with Crippen molar-refractivity contribution >= 4 is 11.6 Å². The summed E-state index contributed by atoms with van der Waals surface area (Å²) in [7, 11) is 0. The van der Waals surface area contributed by atoms with Crippen molar-refractivity contribution in [3.05, 3.63) is 36.2 Å². The zero-order valence-corrected chi connectivity index (χ0v) is 17.2. The van der Waals surface area contributed by atoms with E-state index in [2.05, 4.69) is 46.4 Å². The Kier molecular flexibility index (Phi) is 5.15. The van der Waals surface area contributed by atoms with Gasteiger partial charge in [0.2, 0.25) is 5.95 Å². The van der Waals surface area contributed by atoms with Gasteiger partial charge in [-0.2, -0.15) is 22.8 Å². The number of nitrogens with zero attached hydrogens (tertiary/aromatic N) is 5. The molecule has 1 fully saturated rings. The number of anilines is 1. The highest BCUT2D eigenvalue weighted by molar-refractivity contribution is 5.66. The molecule has 0 aromatic carbocycles. The quantitative estimate of drug-likeness (QED) is 0.631. The fraction of sp³-hybridized carbons (Fsp3) is 0.524. The van der Waals surface area contributed by atoms with E-state index < -0.39 is 11.7 Å². The lowest BCUT2D eigenvalue weighted by Gasteiger charge is -2.37. The zero-order valence-electron chi connectivity index (χ0n) is 17.2. The van der Waals surface area contributed by atoms with Gasteiger partial charge < -0.3 is 5.32 Å². The van der Waals surface area contributed by atoms with Crippen molar-refractivity contribution in [2.24, 2.45) is 11.3 Å². The van der Waals surface area contributed by atoms with Crippen LogP contribution in [0.5, 0.6) is 0 Å². The van der Waals surface area contributed by atoms with Crippen LogP contribution < -0.4 is 5.32 Å². The molecule has 6 nitrogen and oxygen atoms in total. The summed E-state index contributed by atoms with van der Waals surface area (Å²) < 4.78 is 41.5. The standard InChI is InChI=1S/C21H25F3N6/c1-20(2,3)14-6-8-15(9-7-14)27-19-29-28-17-11-13(12-26-30(17)19)18-16(21(22,23)24)5-4-10-25-18/h4-5,10-12,14-15H,6-9H2,1-3H3,(H,27,29)/t14-,15-. The Balaban J connectivity index is 1.55. The third-order valence-corrected chi connectivity index (χ3v) is 5.93. The number of nitrogens with one attached hydrogen (secondary N) is 1. The first-order chi connectivity index (χ1) is 14.1. The third-order valence-electron chi connectivity index (χ3n) is 5.93. The van der Waals surface area contributed by atoms with Gasteiger partial charge in [-0.15, -0.1) is 10.2 Å². The van der Waals surface area contributed by atoms with Gasteiger partial charge in [-0.25, -0.2) is 0 Å². The smallest absolute Gasteiger partial charge is 0.350 e. The molecule has 0 radical (unpaired) electrons. The third kappa shape index (κ3) is 4.11. The highest BCUT2D eigenvalue weighted by Gasteiger charge is 2.34. The Hall–Kier alpha value is -2.71. The predicted molar refractivity (Wildman–Crippen MR) is 108 cm³/mol. The minimum Gasteiger partial charge on any atom is -0.350 e. The summed E-state index contributed by atoms with van der Waals surface area (Å²) in [5.41, 5.74) is -0.0366. The van der Waals surface area contributed by atoms with Gasteiger partial charge in [-0.05, 0) is 55.2 Å². The first kappa shape index (κ1) is 20.6. The Morgan fingerprint density at radius 2 is 1.80 bits per heavy atom. The SMILES string of the molecule is CC(C)(C)[C@H]1CC[C@H](Nc2nnc3cc(-c4ncccc4C(F)(F)F)cnn23)CC1. The molecule has 3 aromatic heterocycles. The molecule has 0 atom stereocenters. The van der Waals surface area contributed by atoms with Crippen molar-refractivity contribution in [3.8, 4) is 11.3 Å². The van der Waals surface area contributed by atoms with Crippen LogP contribution in [0.15, 0.2) is 30.6 Å². The number of aromatic nitrogens is 5. The Labute approximate surface area is 172 Å². The highest BCUT2D eigenvalue weighted by Crippen LogP contribution is 2.38. The summed E-state index contributed by atoms with van der Waals surface area (Å²) in [5, 5.41) is 15.9. The Morgan fingerprint density at radius 3 is 2.47 bits per heavy atom. The Morgan fingerprint density at radius 1 is 1.07 bits per heavy atom. The van der Waals surface area contributed by atoms with Crippen LogP contribution in [0.4, 0.5) is 19.1 Å². The molecule has 0 spiro atoms. The van der Waals surface area contributed by atoms with Gasteiger partial charge in [0, 0.05) is 17.8 Å². The van der Waals surface area contributed by atoms with Crippen LogP contribution in [-0.2, 0) is 6.18 Å². The topological polar surface area (TPSA) is 68.0 Å². The Bertz CT molecular complexity index is 1030. The largest absolute Gasteiger partial charge is 0.418 e. The predicted octanol–water partition coefficient (Wildman–Crippen LogP) is 5.22. The van der Waals surface area contributed by atoms with Gasteiger partial charge in [0.05, 0.1) is 17.5 Å². The van der Waals surface area contributed by atoms with Gasteiger partial charge in [0.25, 0.3) is 0 Å². The molecule has 3 aromatic rings. The molecule has 1 aliphatic carbocycles. The fourth-order valence-electron chi connectivity index (χ4n) is 4.16. The number of rotatable bonds is 3. The maximum absolute atomic E-state index is 13.3. The lowest BCUT2D eigenvalue weighted by molar-refractivity contribution is -0.137. The van der Waals surface area contributed by atoms with E-state index in [0.717, 1.165) is 31.7 Å². The van der Waals surface area contributed by atoms with Crippen LogP contribution in [0.2, 0.25) is 0 Å². The molecule has 30 heavy (non-hydrogen) atoms. The van der Waals surface area contributed by atoms with Crippen LogP contribution in [0.3, 0.4) is 0 Å². The first-order valence-electron chi connectivity index (χ1n) is 10.1. The number of pyridine rings is 1. The van der Waals surface area contributed by atoms with Gasteiger partial charge in [0.1, 0.15) is 0 Å². The van der Waals surface area contributed by atoms with Crippen molar-refractivity contribution in [2.45, 2.75) is 58.7 Å². The average Bonchev–Trinajstić information content (AvgIpc) is 3.09. The van der Waals surface area contributed by atoms with Gasteiger partial charge in [-0.3, -0.25) is 4.98 Å². The highest BCUT2D eigenvalue weighted by atomic mass is 19.4. The lowest BCUT2D eigenvalue weighted by atomic mass is 9.71. The van der Waals surface area contributed by atoms with E-state index in [-0.39, 0.29) is 17.3 Å². The molecule has 0 unspecified atom stereocenters. The first-order valence-corrected chi connectivity index (χ1v) is 10.1. The molecule has 1 saturated carbocycles. The van der Waals surface area contributed by atoms with Crippen LogP contribution >= 0.6 is 0 Å². The van der Waals surface area contributed by atoms with E-state index in [0.29, 0.717) is 22.9 Å². The number of fused-ring (bicyclic) bond motifs is 1. The van der Waals surface area contributed by atoms with E-state index in [4.69, 9.17) is 0 Å². The van der Waals surface area contributed by atoms with E-state index in [1.165, 1.54) is 29.0 Å². The second-order valence-electron chi connectivity index (χ2n) is 8.99. The van der Waals surface area contributed by atoms with Crippen LogP contribution in [0.25, 0.3) is 16.9 Å². The number of halogens is 3. The summed E-state index contributed by atoms with van der Waals surface area (Å²) in [6.07, 6.45) is 2.58. The van der Waals surface area contributed by atoms with E-state index in [1.54, 1.807) is 0 Å². The molecular weight excluding hydrogens is 393 g/mol. The zero-order chi connectivity index (χ0) is 21.5. The monoisotopic (exact) mass is 418 g/mol. The molecule has 0 bridgehead atoms. The second-order valence-corrected chi connectivity index (χ2v) is 8.99. The van der Waals surface area contributed by atoms with Crippen molar-refractivity contribution < 1.29 is 13.2 Å². The normalized spacial score (nSPS) is 20.5. The van der Waals surface area contributed by atoms with Gasteiger partial charge in [-0.1, -0.05) is 20.8 Å². The molecule has 1 N–H and O–H groups in total. The summed E-state index contributed by atoms with van der Waals surface area (Å²) in [6.45, 7) is 6.85. The van der Waals surface area contributed by atoms with E-state index in [9.17, 15) is 13.2 Å². The van der Waals surface area contributed by atoms with Crippen molar-refractivity contribution in [2.75, 3.05) is 5.32 Å². The molecular formula is C21H25F3N6. The molecule has 4 rings (SSSR count). The maximum atomic E-state index is 13.3. The number of alkyl halides is 3. The van der Waals surface area contributed by atoms with Crippen LogP contribution in [-0.4, -0.2) is 30.8 Å². The maximum Gasteiger partial charge on any atom is 0.418 e. The molecule has 0 aliphatic heterocycles. The van der Waals surface area contributed by atoms with Crippen molar-refractivity contribution in [1.82, 2.24) is 24.8 Å². The lowest BCUT2D eigenvalue weighted by Crippen LogP contribution is -2.32. The van der Waals surface area contributed by atoms with Gasteiger partial charge in [0.15, 0.2) is 5.65 Å². The minimum atomic E-state index is -4.50. The summed E-state index contributed by atoms with van der Waals surface area (Å²) in [6, 6.07) is 4.09. The molecule has 0 saturated heterocycles. The molecule has 0 amide bonds. The second kappa shape index (κ2) is 7.52.